The number of benzene rings is 1. The molecule has 4 heteroatoms. The number of Topliss-reactive ketones (excluding diaryl/α,β-unsaturated/α-hetero) is 1. The Balaban J connectivity index is 2.55. The van der Waals surface area contributed by atoms with Crippen LogP contribution in [0.5, 0.6) is 5.75 Å². The van der Waals surface area contributed by atoms with Gasteiger partial charge in [0.1, 0.15) is 5.75 Å². The summed E-state index contributed by atoms with van der Waals surface area (Å²) in [6.45, 7) is 0. The molecule has 0 radical (unpaired) electrons. The number of carbonyl (C=O) groups excluding carboxylic acids is 1. The average Bonchev–Trinajstić information content (AvgIpc) is 2.28. The molecule has 1 aliphatic carbocycles. The van der Waals surface area contributed by atoms with Crippen LogP contribution in [-0.4, -0.2) is 23.8 Å². The van der Waals surface area contributed by atoms with Gasteiger partial charge in [-0.2, -0.15) is 0 Å². The fraction of sp³-hybridized carbons (Fsp3) is 0.273. The lowest BCUT2D eigenvalue weighted by Crippen LogP contribution is -2.23. The van der Waals surface area contributed by atoms with Crippen molar-refractivity contribution >= 4 is 11.5 Å². The highest BCUT2D eigenvalue weighted by atomic mass is 16.5. The minimum atomic E-state index is -0.127. The summed E-state index contributed by atoms with van der Waals surface area (Å²) in [5, 5.41) is 11.9. The minimum absolute atomic E-state index is 0.127. The molecule has 1 aliphatic rings. The molecule has 0 spiro atoms. The zero-order valence-corrected chi connectivity index (χ0v) is 8.36. The van der Waals surface area contributed by atoms with Gasteiger partial charge in [0.15, 0.2) is 11.5 Å². The van der Waals surface area contributed by atoms with E-state index in [0.717, 1.165) is 5.56 Å². The van der Waals surface area contributed by atoms with Crippen LogP contribution >= 0.6 is 0 Å². The lowest BCUT2D eigenvalue weighted by atomic mass is 9.89. The Kier molecular flexibility index (Phi) is 2.41. The van der Waals surface area contributed by atoms with Gasteiger partial charge >= 0.3 is 0 Å². The fourth-order valence-corrected chi connectivity index (χ4v) is 1.75. The maximum atomic E-state index is 11.5. The van der Waals surface area contributed by atoms with E-state index >= 15 is 0 Å². The van der Waals surface area contributed by atoms with Crippen LogP contribution in [0, 0.1) is 0 Å². The van der Waals surface area contributed by atoms with Crippen molar-refractivity contribution in [2.75, 3.05) is 7.11 Å². The molecule has 0 atom stereocenters. The minimum Gasteiger partial charge on any atom is -0.497 e. The maximum absolute atomic E-state index is 11.5. The number of ketones is 1. The highest BCUT2D eigenvalue weighted by Gasteiger charge is 2.23. The van der Waals surface area contributed by atoms with Crippen LogP contribution in [0.25, 0.3) is 0 Å². The van der Waals surface area contributed by atoms with Crippen molar-refractivity contribution < 1.29 is 14.7 Å². The number of hydrogen-bond acceptors (Lipinski definition) is 4. The quantitative estimate of drug-likeness (QED) is 0.556. The Hall–Kier alpha value is -1.84. The van der Waals surface area contributed by atoms with Crippen LogP contribution in [0.15, 0.2) is 23.4 Å². The Morgan fingerprint density at radius 2 is 2.20 bits per heavy atom. The number of nitrogens with zero attached hydrogens (tertiary/aromatic N) is 1. The summed E-state index contributed by atoms with van der Waals surface area (Å²) in [7, 11) is 1.56. The van der Waals surface area contributed by atoms with Crippen LogP contribution in [0.1, 0.15) is 17.5 Å². The first-order valence-electron chi connectivity index (χ1n) is 4.69. The third-order valence-electron chi connectivity index (χ3n) is 2.56. The van der Waals surface area contributed by atoms with Gasteiger partial charge in [0.25, 0.3) is 0 Å². The Morgan fingerprint density at radius 1 is 1.40 bits per heavy atom. The topological polar surface area (TPSA) is 58.9 Å². The zero-order chi connectivity index (χ0) is 10.8. The Morgan fingerprint density at radius 3 is 2.87 bits per heavy atom. The summed E-state index contributed by atoms with van der Waals surface area (Å²) >= 11 is 0. The van der Waals surface area contributed by atoms with Crippen molar-refractivity contribution in [1.29, 1.82) is 0 Å². The van der Waals surface area contributed by atoms with Crippen LogP contribution < -0.4 is 4.74 Å². The molecule has 2 rings (SSSR count). The van der Waals surface area contributed by atoms with Crippen LogP contribution in [0.3, 0.4) is 0 Å². The first-order valence-corrected chi connectivity index (χ1v) is 4.69. The number of fused-ring (bicyclic) bond motifs is 1. The second kappa shape index (κ2) is 3.73. The van der Waals surface area contributed by atoms with Gasteiger partial charge in [0.2, 0.25) is 0 Å². The van der Waals surface area contributed by atoms with Gasteiger partial charge in [-0.3, -0.25) is 4.79 Å². The molecule has 0 saturated heterocycles. The largest absolute Gasteiger partial charge is 0.497 e. The Labute approximate surface area is 87.2 Å². The summed E-state index contributed by atoms with van der Waals surface area (Å²) in [5.74, 6) is 0.530. The fourth-order valence-electron chi connectivity index (χ4n) is 1.75. The van der Waals surface area contributed by atoms with Crippen molar-refractivity contribution in [2.24, 2.45) is 5.16 Å². The van der Waals surface area contributed by atoms with E-state index in [2.05, 4.69) is 5.16 Å². The van der Waals surface area contributed by atoms with E-state index in [4.69, 9.17) is 9.94 Å². The molecule has 4 nitrogen and oxygen atoms in total. The van der Waals surface area contributed by atoms with Crippen LogP contribution in [0.4, 0.5) is 0 Å². The standard InChI is InChI=1S/C11H11NO3/c1-15-8-4-2-7-3-5-10(13)11(12-14)9(7)6-8/h2,4,6,14H,3,5H2,1H3. The van der Waals surface area contributed by atoms with E-state index in [0.29, 0.717) is 24.2 Å². The van der Waals surface area contributed by atoms with Crippen molar-refractivity contribution in [3.05, 3.63) is 29.3 Å². The third kappa shape index (κ3) is 1.58. The van der Waals surface area contributed by atoms with Gasteiger partial charge in [-0.05, 0) is 24.1 Å². The van der Waals surface area contributed by atoms with Crippen LogP contribution in [-0.2, 0) is 11.2 Å². The number of oxime groups is 1. The van der Waals surface area contributed by atoms with Crippen molar-refractivity contribution in [3.63, 3.8) is 0 Å². The van der Waals surface area contributed by atoms with Gasteiger partial charge < -0.3 is 9.94 Å². The lowest BCUT2D eigenvalue weighted by molar-refractivity contribution is -0.113. The summed E-state index contributed by atoms with van der Waals surface area (Å²) in [6, 6.07) is 5.46. The number of methoxy groups -OCH3 is 1. The number of hydrogen-bond donors (Lipinski definition) is 1. The molecule has 0 bridgehead atoms. The molecule has 15 heavy (non-hydrogen) atoms. The van der Waals surface area contributed by atoms with Gasteiger partial charge in [0, 0.05) is 12.0 Å². The number of ether oxygens (including phenoxy) is 1. The van der Waals surface area contributed by atoms with Gasteiger partial charge in [-0.15, -0.1) is 0 Å². The third-order valence-corrected chi connectivity index (χ3v) is 2.56. The molecule has 0 saturated carbocycles. The van der Waals surface area contributed by atoms with Gasteiger partial charge in [-0.25, -0.2) is 0 Å². The highest BCUT2D eigenvalue weighted by Crippen LogP contribution is 2.24. The second-order valence-electron chi connectivity index (χ2n) is 3.39. The summed E-state index contributed by atoms with van der Waals surface area (Å²) < 4.78 is 5.06. The highest BCUT2D eigenvalue weighted by molar-refractivity contribution is 6.47. The smallest absolute Gasteiger partial charge is 0.185 e. The molecule has 78 valence electrons. The molecule has 1 N–H and O–H groups in total. The predicted octanol–water partition coefficient (Wildman–Crippen LogP) is 1.39. The van der Waals surface area contributed by atoms with Crippen molar-refractivity contribution in [2.45, 2.75) is 12.8 Å². The molecule has 1 aromatic rings. The van der Waals surface area contributed by atoms with E-state index in [1.54, 1.807) is 13.2 Å². The molecular formula is C11H11NO3. The van der Waals surface area contributed by atoms with Crippen molar-refractivity contribution in [3.8, 4) is 5.75 Å². The van der Waals surface area contributed by atoms with E-state index in [1.165, 1.54) is 0 Å². The molecule has 1 aromatic carbocycles. The van der Waals surface area contributed by atoms with Crippen LogP contribution in [0.2, 0.25) is 0 Å². The SMILES string of the molecule is COc1ccc2c(c1)C(=NO)C(=O)CC2. The molecule has 0 aliphatic heterocycles. The molecule has 0 unspecified atom stereocenters. The van der Waals surface area contributed by atoms with Crippen molar-refractivity contribution in [1.82, 2.24) is 0 Å². The summed E-state index contributed by atoms with van der Waals surface area (Å²) in [4.78, 5) is 11.5. The van der Waals surface area contributed by atoms with E-state index in [9.17, 15) is 4.79 Å². The maximum Gasteiger partial charge on any atom is 0.185 e. The van der Waals surface area contributed by atoms with E-state index in [-0.39, 0.29) is 11.5 Å². The average molecular weight is 205 g/mol. The molecule has 0 heterocycles. The zero-order valence-electron chi connectivity index (χ0n) is 8.36. The first kappa shape index (κ1) is 9.71. The normalized spacial score (nSPS) is 17.7. The van der Waals surface area contributed by atoms with E-state index in [1.807, 2.05) is 12.1 Å². The number of rotatable bonds is 1. The summed E-state index contributed by atoms with van der Waals surface area (Å²) in [6.07, 6.45) is 1.09. The predicted molar refractivity (Wildman–Crippen MR) is 54.6 cm³/mol. The second-order valence-corrected chi connectivity index (χ2v) is 3.39. The molecule has 0 aromatic heterocycles. The monoisotopic (exact) mass is 205 g/mol. The molecule has 0 fully saturated rings. The van der Waals surface area contributed by atoms with Gasteiger partial charge in [0.05, 0.1) is 7.11 Å². The first-order chi connectivity index (χ1) is 7.26. The Bertz CT molecular complexity index is 437. The van der Waals surface area contributed by atoms with Gasteiger partial charge in [-0.1, -0.05) is 11.2 Å². The lowest BCUT2D eigenvalue weighted by Gasteiger charge is -2.16. The summed E-state index contributed by atoms with van der Waals surface area (Å²) in [5.41, 5.74) is 1.83. The number of carbonyl (C=O) groups is 1. The molecular weight excluding hydrogens is 194 g/mol. The molecule has 0 amide bonds. The number of aryl methyl sites for hydroxylation is 1. The van der Waals surface area contributed by atoms with E-state index < -0.39 is 0 Å².